The first-order valence-electron chi connectivity index (χ1n) is 8.31. The maximum absolute atomic E-state index is 12.3. The number of aliphatic carboxylic acids is 1. The fraction of sp³-hybridized carbons (Fsp3) is 0.238. The second-order valence-corrected chi connectivity index (χ2v) is 6.25. The smallest absolute Gasteiger partial charge is 0.322 e. The van der Waals surface area contributed by atoms with Gasteiger partial charge in [0.05, 0.1) is 0 Å². The molecular formula is C21H19NO4. The molecule has 0 aromatic heterocycles. The Morgan fingerprint density at radius 3 is 2.15 bits per heavy atom. The molecule has 0 spiro atoms. The number of rotatable bonds is 6. The van der Waals surface area contributed by atoms with Crippen molar-refractivity contribution >= 4 is 11.9 Å². The summed E-state index contributed by atoms with van der Waals surface area (Å²) in [5.74, 6) is -1.51. The number of carboxylic acid groups (broad SMARTS) is 1. The van der Waals surface area contributed by atoms with E-state index in [4.69, 9.17) is 16.9 Å². The molecule has 0 aliphatic heterocycles. The molecule has 5 nitrogen and oxygen atoms in total. The number of carbonyl (C=O) groups excluding carboxylic acids is 1. The third kappa shape index (κ3) is 3.19. The van der Waals surface area contributed by atoms with Crippen LogP contribution in [0.25, 0.3) is 11.1 Å². The number of ether oxygens (including phenoxy) is 1. The Morgan fingerprint density at radius 2 is 1.65 bits per heavy atom. The highest BCUT2D eigenvalue weighted by Gasteiger charge is 2.35. The zero-order valence-electron chi connectivity index (χ0n) is 14.1. The van der Waals surface area contributed by atoms with Crippen molar-refractivity contribution in [1.82, 2.24) is 0 Å². The molecule has 2 aromatic rings. The van der Waals surface area contributed by atoms with E-state index in [0.717, 1.165) is 22.3 Å². The number of carboxylic acids is 1. The Hall–Kier alpha value is -3.10. The van der Waals surface area contributed by atoms with E-state index in [9.17, 15) is 14.7 Å². The van der Waals surface area contributed by atoms with E-state index in [0.29, 0.717) is 0 Å². The average Bonchev–Trinajstić information content (AvgIpc) is 2.94. The lowest BCUT2D eigenvalue weighted by atomic mass is 9.97. The molecule has 0 radical (unpaired) electrons. The van der Waals surface area contributed by atoms with Gasteiger partial charge in [0.25, 0.3) is 0 Å². The van der Waals surface area contributed by atoms with Crippen LogP contribution in [0.3, 0.4) is 0 Å². The Balaban J connectivity index is 1.80. The molecular weight excluding hydrogens is 330 g/mol. The first-order valence-corrected chi connectivity index (χ1v) is 8.31. The molecule has 2 atom stereocenters. The van der Waals surface area contributed by atoms with E-state index >= 15 is 0 Å². The minimum absolute atomic E-state index is 0.0127. The highest BCUT2D eigenvalue weighted by Crippen LogP contribution is 2.44. The fourth-order valence-electron chi connectivity index (χ4n) is 3.41. The van der Waals surface area contributed by atoms with Crippen LogP contribution in [-0.2, 0) is 14.3 Å². The maximum Gasteiger partial charge on any atom is 0.322 e. The van der Waals surface area contributed by atoms with Crippen molar-refractivity contribution < 1.29 is 19.4 Å². The van der Waals surface area contributed by atoms with Gasteiger partial charge in [-0.15, -0.1) is 12.3 Å². The van der Waals surface area contributed by atoms with Crippen molar-refractivity contribution in [2.75, 3.05) is 6.61 Å². The van der Waals surface area contributed by atoms with Crippen LogP contribution in [0, 0.1) is 18.3 Å². The van der Waals surface area contributed by atoms with Gasteiger partial charge in [-0.3, -0.25) is 9.59 Å². The third-order valence-corrected chi connectivity index (χ3v) is 4.66. The molecule has 0 fully saturated rings. The molecule has 3 N–H and O–H groups in total. The molecule has 3 rings (SSSR count). The van der Waals surface area contributed by atoms with Crippen molar-refractivity contribution in [3.63, 3.8) is 0 Å². The van der Waals surface area contributed by atoms with Crippen molar-refractivity contribution in [2.45, 2.75) is 18.4 Å². The summed E-state index contributed by atoms with van der Waals surface area (Å²) in [6, 6.07) is 14.8. The van der Waals surface area contributed by atoms with E-state index in [1.54, 1.807) is 0 Å². The van der Waals surface area contributed by atoms with Gasteiger partial charge >= 0.3 is 11.9 Å². The predicted molar refractivity (Wildman–Crippen MR) is 97.2 cm³/mol. The number of terminal acetylenes is 1. The summed E-state index contributed by atoms with van der Waals surface area (Å²) in [5.41, 5.74) is 10.1. The van der Waals surface area contributed by atoms with Crippen LogP contribution in [0.5, 0.6) is 0 Å². The van der Waals surface area contributed by atoms with Gasteiger partial charge in [-0.25, -0.2) is 0 Å². The van der Waals surface area contributed by atoms with Crippen molar-refractivity contribution in [2.24, 2.45) is 11.7 Å². The SMILES string of the molecule is C#CC[C@H](N)[C@@H](C(=O)O)C(=O)OCC1c2ccccc2-c2ccccc21. The number of benzene rings is 2. The quantitative estimate of drug-likeness (QED) is 0.475. The Bertz CT molecular complexity index is 838. The highest BCUT2D eigenvalue weighted by molar-refractivity contribution is 5.95. The molecule has 132 valence electrons. The van der Waals surface area contributed by atoms with Crippen molar-refractivity contribution in [3.05, 3.63) is 59.7 Å². The summed E-state index contributed by atoms with van der Waals surface area (Å²) < 4.78 is 5.36. The van der Waals surface area contributed by atoms with Gasteiger partial charge in [-0.2, -0.15) is 0 Å². The number of fused-ring (bicyclic) bond motifs is 3. The Labute approximate surface area is 151 Å². The number of hydrogen-bond acceptors (Lipinski definition) is 4. The fourth-order valence-corrected chi connectivity index (χ4v) is 3.41. The van der Waals surface area contributed by atoms with Gasteiger partial charge in [0.2, 0.25) is 0 Å². The van der Waals surface area contributed by atoms with Crippen LogP contribution in [-0.4, -0.2) is 29.7 Å². The zero-order valence-corrected chi connectivity index (χ0v) is 14.1. The molecule has 26 heavy (non-hydrogen) atoms. The first-order chi connectivity index (χ1) is 12.5. The van der Waals surface area contributed by atoms with Crippen LogP contribution in [0.4, 0.5) is 0 Å². The van der Waals surface area contributed by atoms with Gasteiger partial charge in [-0.1, -0.05) is 48.5 Å². The second kappa shape index (κ2) is 7.42. The average molecular weight is 349 g/mol. The third-order valence-electron chi connectivity index (χ3n) is 4.66. The molecule has 1 aliphatic rings. The molecule has 0 saturated carbocycles. The summed E-state index contributed by atoms with van der Waals surface area (Å²) in [7, 11) is 0. The lowest BCUT2D eigenvalue weighted by Crippen LogP contribution is -2.42. The Kier molecular flexibility index (Phi) is 5.06. The number of carbonyl (C=O) groups is 2. The molecule has 1 aliphatic carbocycles. The van der Waals surface area contributed by atoms with E-state index in [2.05, 4.69) is 5.92 Å². The molecule has 0 heterocycles. The number of hydrogen-bond donors (Lipinski definition) is 2. The topological polar surface area (TPSA) is 89.6 Å². The van der Waals surface area contributed by atoms with Crippen molar-refractivity contribution in [1.29, 1.82) is 0 Å². The summed E-state index contributed by atoms with van der Waals surface area (Å²) in [5, 5.41) is 9.30. The predicted octanol–water partition coefficient (Wildman–Crippen LogP) is 2.39. The second-order valence-electron chi connectivity index (χ2n) is 6.25. The van der Waals surface area contributed by atoms with Crippen LogP contribution >= 0.6 is 0 Å². The molecule has 0 saturated heterocycles. The monoisotopic (exact) mass is 349 g/mol. The summed E-state index contributed by atoms with van der Waals surface area (Å²) in [6.07, 6.45) is 5.16. The molecule has 0 unspecified atom stereocenters. The normalized spacial score (nSPS) is 14.6. The van der Waals surface area contributed by atoms with E-state index in [-0.39, 0.29) is 18.9 Å². The summed E-state index contributed by atoms with van der Waals surface area (Å²) in [6.45, 7) is 0.0550. The standard InChI is InChI=1S/C21H19NO4/c1-2-7-18(22)19(20(23)24)21(25)26-12-17-15-10-5-3-8-13(15)14-9-4-6-11-16(14)17/h1,3-6,8-11,17-19H,7,12,22H2,(H,23,24)/t18-,19-/m0/s1. The zero-order chi connectivity index (χ0) is 18.7. The number of esters is 1. The Morgan fingerprint density at radius 1 is 1.12 bits per heavy atom. The van der Waals surface area contributed by atoms with Crippen LogP contribution < -0.4 is 5.73 Å². The number of nitrogens with two attached hydrogens (primary N) is 1. The lowest BCUT2D eigenvalue weighted by molar-refractivity contribution is -0.159. The summed E-state index contributed by atoms with van der Waals surface area (Å²) >= 11 is 0. The van der Waals surface area contributed by atoms with E-state index in [1.807, 2.05) is 48.5 Å². The van der Waals surface area contributed by atoms with Gasteiger partial charge < -0.3 is 15.6 Å². The van der Waals surface area contributed by atoms with E-state index < -0.39 is 23.9 Å². The lowest BCUT2D eigenvalue weighted by Gasteiger charge is -2.19. The van der Waals surface area contributed by atoms with Gasteiger partial charge in [0.15, 0.2) is 5.92 Å². The first kappa shape index (κ1) is 17.7. The highest BCUT2D eigenvalue weighted by atomic mass is 16.5. The maximum atomic E-state index is 12.3. The minimum atomic E-state index is -1.47. The van der Waals surface area contributed by atoms with Gasteiger partial charge in [0, 0.05) is 18.4 Å². The molecule has 0 bridgehead atoms. The van der Waals surface area contributed by atoms with Crippen molar-refractivity contribution in [3.8, 4) is 23.5 Å². The summed E-state index contributed by atoms with van der Waals surface area (Å²) in [4.78, 5) is 23.7. The molecule has 0 amide bonds. The van der Waals surface area contributed by atoms with Crippen LogP contribution in [0.2, 0.25) is 0 Å². The van der Waals surface area contributed by atoms with E-state index in [1.165, 1.54) is 0 Å². The van der Waals surface area contributed by atoms with Crippen LogP contribution in [0.1, 0.15) is 23.5 Å². The van der Waals surface area contributed by atoms with Gasteiger partial charge in [0.1, 0.15) is 6.61 Å². The van der Waals surface area contributed by atoms with Gasteiger partial charge in [-0.05, 0) is 22.3 Å². The van der Waals surface area contributed by atoms with Crippen LogP contribution in [0.15, 0.2) is 48.5 Å². The molecule has 5 heteroatoms. The minimum Gasteiger partial charge on any atom is -0.481 e. The molecule has 2 aromatic carbocycles. The largest absolute Gasteiger partial charge is 0.481 e.